The molecule has 1 aliphatic heterocycles. The zero-order valence-electron chi connectivity index (χ0n) is 13.4. The zero-order valence-corrected chi connectivity index (χ0v) is 14.2. The number of halogens is 1. The second-order valence-corrected chi connectivity index (χ2v) is 5.38. The van der Waals surface area contributed by atoms with Gasteiger partial charge in [-0.1, -0.05) is 6.07 Å². The van der Waals surface area contributed by atoms with Crippen LogP contribution >= 0.6 is 12.4 Å². The monoisotopic (exact) mass is 347 g/mol. The summed E-state index contributed by atoms with van der Waals surface area (Å²) in [6.45, 7) is 2.09. The molecule has 0 fully saturated rings. The van der Waals surface area contributed by atoms with Crippen molar-refractivity contribution in [2.75, 3.05) is 11.9 Å². The predicted molar refractivity (Wildman–Crippen MR) is 92.6 cm³/mol. The highest BCUT2D eigenvalue weighted by Gasteiger charge is 2.28. The average Bonchev–Trinajstić information content (AvgIpc) is 2.59. The van der Waals surface area contributed by atoms with E-state index in [0.717, 1.165) is 5.56 Å². The highest BCUT2D eigenvalue weighted by Crippen LogP contribution is 2.33. The first-order valence-electron chi connectivity index (χ1n) is 7.31. The largest absolute Gasteiger partial charge is 0.479 e. The zero-order chi connectivity index (χ0) is 16.4. The van der Waals surface area contributed by atoms with Crippen molar-refractivity contribution in [3.8, 4) is 5.75 Å². The maximum atomic E-state index is 12.0. The lowest BCUT2D eigenvalue weighted by Crippen LogP contribution is -2.42. The molecule has 0 radical (unpaired) electrons. The van der Waals surface area contributed by atoms with Crippen molar-refractivity contribution in [3.05, 3.63) is 53.9 Å². The minimum Gasteiger partial charge on any atom is -0.479 e. The second kappa shape index (κ2) is 7.31. The highest BCUT2D eigenvalue weighted by molar-refractivity contribution is 5.99. The Labute approximate surface area is 146 Å². The summed E-state index contributed by atoms with van der Waals surface area (Å²) < 4.78 is 5.58. The van der Waals surface area contributed by atoms with Crippen molar-refractivity contribution < 1.29 is 14.3 Å². The molecular formula is C17H18ClN3O3. The number of hydrogen-bond donors (Lipinski definition) is 1. The Morgan fingerprint density at radius 3 is 2.71 bits per heavy atom. The molecule has 1 aromatic heterocycles. The van der Waals surface area contributed by atoms with E-state index in [1.165, 1.54) is 0 Å². The smallest absolute Gasteiger partial charge is 0.267 e. The van der Waals surface area contributed by atoms with Crippen LogP contribution in [0.5, 0.6) is 5.75 Å². The number of carbonyl (C=O) groups excluding carboxylic acids is 2. The van der Waals surface area contributed by atoms with E-state index in [4.69, 9.17) is 4.74 Å². The molecular weight excluding hydrogens is 330 g/mol. The van der Waals surface area contributed by atoms with Crippen LogP contribution in [0.15, 0.2) is 42.7 Å². The van der Waals surface area contributed by atoms with Crippen molar-refractivity contribution in [2.24, 2.45) is 0 Å². The first-order chi connectivity index (χ1) is 11.1. The summed E-state index contributed by atoms with van der Waals surface area (Å²) in [5, 5.41) is 2.85. The van der Waals surface area contributed by atoms with Gasteiger partial charge in [0.1, 0.15) is 5.75 Å². The van der Waals surface area contributed by atoms with E-state index in [1.54, 1.807) is 43.4 Å². The molecule has 2 heterocycles. The van der Waals surface area contributed by atoms with Crippen molar-refractivity contribution >= 4 is 29.9 Å². The van der Waals surface area contributed by atoms with E-state index >= 15 is 0 Å². The molecule has 1 aliphatic rings. The maximum absolute atomic E-state index is 12.0. The number of rotatable bonds is 3. The Morgan fingerprint density at radius 1 is 1.29 bits per heavy atom. The highest BCUT2D eigenvalue weighted by atomic mass is 35.5. The van der Waals surface area contributed by atoms with Crippen LogP contribution in [0.3, 0.4) is 0 Å². The van der Waals surface area contributed by atoms with Crippen molar-refractivity contribution in [3.63, 3.8) is 0 Å². The number of benzene rings is 1. The van der Waals surface area contributed by atoms with Gasteiger partial charge in [-0.25, -0.2) is 0 Å². The molecule has 0 aliphatic carbocycles. The van der Waals surface area contributed by atoms with Gasteiger partial charge in [-0.15, -0.1) is 12.4 Å². The molecule has 1 unspecified atom stereocenters. The van der Waals surface area contributed by atoms with Crippen molar-refractivity contribution in [2.45, 2.75) is 19.6 Å². The Balaban J connectivity index is 0.00000208. The number of hydrogen-bond acceptors (Lipinski definition) is 4. The number of ether oxygens (including phenoxy) is 1. The predicted octanol–water partition coefficient (Wildman–Crippen LogP) is 2.18. The van der Waals surface area contributed by atoms with Crippen LogP contribution in [-0.2, 0) is 11.3 Å². The third-order valence-electron chi connectivity index (χ3n) is 3.76. The molecule has 0 saturated carbocycles. The topological polar surface area (TPSA) is 71.5 Å². The summed E-state index contributed by atoms with van der Waals surface area (Å²) in [5.74, 6) is 0.415. The third kappa shape index (κ3) is 3.49. The fraction of sp³-hybridized carbons (Fsp3) is 0.235. The fourth-order valence-corrected chi connectivity index (χ4v) is 2.45. The van der Waals surface area contributed by atoms with Gasteiger partial charge in [0.25, 0.3) is 11.8 Å². The lowest BCUT2D eigenvalue weighted by atomic mass is 10.1. The van der Waals surface area contributed by atoms with Crippen LogP contribution < -0.4 is 15.0 Å². The summed E-state index contributed by atoms with van der Waals surface area (Å²) in [5.41, 5.74) is 2.16. The van der Waals surface area contributed by atoms with E-state index in [9.17, 15) is 9.59 Å². The Bertz CT molecular complexity index is 752. The quantitative estimate of drug-likeness (QED) is 0.923. The normalized spacial score (nSPS) is 15.8. The summed E-state index contributed by atoms with van der Waals surface area (Å²) >= 11 is 0. The number of amides is 2. The molecule has 1 N–H and O–H groups in total. The molecule has 1 atom stereocenters. The van der Waals surface area contributed by atoms with Crippen molar-refractivity contribution in [1.82, 2.24) is 10.3 Å². The number of carbonyl (C=O) groups is 2. The minimum atomic E-state index is -0.482. The van der Waals surface area contributed by atoms with Gasteiger partial charge in [0.05, 0.1) is 5.69 Å². The molecule has 2 amide bonds. The summed E-state index contributed by atoms with van der Waals surface area (Å²) in [6, 6.07) is 8.87. The van der Waals surface area contributed by atoms with Gasteiger partial charge in [-0.2, -0.15) is 0 Å². The number of likely N-dealkylation sites (N-methyl/N-ethyl adjacent to an activating group) is 1. The van der Waals surface area contributed by atoms with E-state index in [1.807, 2.05) is 18.2 Å². The minimum absolute atomic E-state index is 0. The van der Waals surface area contributed by atoms with Gasteiger partial charge < -0.3 is 15.0 Å². The van der Waals surface area contributed by atoms with Crippen molar-refractivity contribution in [1.29, 1.82) is 0 Å². The third-order valence-corrected chi connectivity index (χ3v) is 3.76. The second-order valence-electron chi connectivity index (χ2n) is 5.38. The Morgan fingerprint density at radius 2 is 2.00 bits per heavy atom. The molecule has 126 valence electrons. The van der Waals surface area contributed by atoms with Crippen LogP contribution in [-0.4, -0.2) is 29.9 Å². The van der Waals surface area contributed by atoms with Crippen LogP contribution in [0, 0.1) is 0 Å². The number of fused-ring (bicyclic) bond motifs is 1. The summed E-state index contributed by atoms with van der Waals surface area (Å²) in [7, 11) is 1.72. The number of nitrogens with one attached hydrogen (secondary N) is 1. The molecule has 7 heteroatoms. The number of pyridine rings is 1. The van der Waals surface area contributed by atoms with E-state index in [-0.39, 0.29) is 24.2 Å². The molecule has 24 heavy (non-hydrogen) atoms. The van der Waals surface area contributed by atoms with Crippen LogP contribution in [0.2, 0.25) is 0 Å². The van der Waals surface area contributed by atoms with Gasteiger partial charge in [0, 0.05) is 31.5 Å². The maximum Gasteiger partial charge on any atom is 0.267 e. The number of aromatic nitrogens is 1. The van der Waals surface area contributed by atoms with Crippen LogP contribution in [0.1, 0.15) is 22.8 Å². The number of anilines is 1. The number of nitrogens with zero attached hydrogens (tertiary/aromatic N) is 2. The van der Waals surface area contributed by atoms with Gasteiger partial charge in [-0.3, -0.25) is 14.6 Å². The average molecular weight is 348 g/mol. The molecule has 3 rings (SSSR count). The van der Waals surface area contributed by atoms with Gasteiger partial charge in [0.15, 0.2) is 6.10 Å². The van der Waals surface area contributed by atoms with E-state index < -0.39 is 6.10 Å². The molecule has 1 aromatic carbocycles. The van der Waals surface area contributed by atoms with Gasteiger partial charge in [0.2, 0.25) is 0 Å². The first kappa shape index (κ1) is 17.7. The molecule has 0 spiro atoms. The fourth-order valence-electron chi connectivity index (χ4n) is 2.45. The van der Waals surface area contributed by atoms with Crippen LogP contribution in [0.25, 0.3) is 0 Å². The van der Waals surface area contributed by atoms with E-state index in [2.05, 4.69) is 10.3 Å². The lowest BCUT2D eigenvalue weighted by Gasteiger charge is -2.30. The lowest BCUT2D eigenvalue weighted by molar-refractivity contribution is -0.125. The van der Waals surface area contributed by atoms with E-state index in [0.29, 0.717) is 23.5 Å². The Kier molecular flexibility index (Phi) is 5.41. The van der Waals surface area contributed by atoms with Gasteiger partial charge >= 0.3 is 0 Å². The van der Waals surface area contributed by atoms with Gasteiger partial charge in [-0.05, 0) is 36.8 Å². The SMILES string of the molecule is CC1Oc2ccc(CNC(=O)c3ccncc3)cc2N(C)C1=O.Cl. The molecule has 6 nitrogen and oxygen atoms in total. The summed E-state index contributed by atoms with van der Waals surface area (Å²) in [4.78, 5) is 29.5. The molecule has 0 saturated heterocycles. The Hall–Kier alpha value is -2.60. The molecule has 0 bridgehead atoms. The molecule has 2 aromatic rings. The van der Waals surface area contributed by atoms with Crippen LogP contribution in [0.4, 0.5) is 5.69 Å². The first-order valence-corrected chi connectivity index (χ1v) is 7.31. The summed E-state index contributed by atoms with van der Waals surface area (Å²) in [6.07, 6.45) is 2.67. The standard InChI is InChI=1S/C17H17N3O3.ClH/c1-11-17(22)20(2)14-9-12(3-4-15(14)23-11)10-19-16(21)13-5-7-18-8-6-13;/h3-9,11H,10H2,1-2H3,(H,19,21);1H.